The molecular formula is C12H12. The predicted octanol–water partition coefficient (Wildman–Crippen LogP) is 3.17. The van der Waals surface area contributed by atoms with Crippen molar-refractivity contribution in [3.63, 3.8) is 0 Å². The van der Waals surface area contributed by atoms with Gasteiger partial charge in [0.15, 0.2) is 0 Å². The first-order chi connectivity index (χ1) is 5.86. The molecule has 0 fully saturated rings. The molecule has 0 aromatic rings. The van der Waals surface area contributed by atoms with Gasteiger partial charge in [0.2, 0.25) is 0 Å². The van der Waals surface area contributed by atoms with Gasteiger partial charge in [-0.15, -0.1) is 0 Å². The molecule has 0 aromatic carbocycles. The van der Waals surface area contributed by atoms with Gasteiger partial charge in [-0.05, 0) is 12.5 Å². The van der Waals surface area contributed by atoms with Gasteiger partial charge in [-0.2, -0.15) is 0 Å². The van der Waals surface area contributed by atoms with Crippen molar-refractivity contribution in [2.75, 3.05) is 0 Å². The average Bonchev–Trinajstić information content (AvgIpc) is 2.25. The summed E-state index contributed by atoms with van der Waals surface area (Å²) in [5, 5.41) is 0. The third kappa shape index (κ3) is 1.33. The first-order valence-corrected chi connectivity index (χ1v) is 4.28. The summed E-state index contributed by atoms with van der Waals surface area (Å²) >= 11 is 0. The molecule has 0 bridgehead atoms. The van der Waals surface area contributed by atoms with E-state index in [2.05, 4.69) is 55.5 Å². The van der Waals surface area contributed by atoms with Gasteiger partial charge in [-0.3, -0.25) is 0 Å². The molecule has 2 aliphatic carbocycles. The highest BCUT2D eigenvalue weighted by molar-refractivity contribution is 5.43. The molecule has 0 radical (unpaired) electrons. The van der Waals surface area contributed by atoms with Crippen LogP contribution in [0.2, 0.25) is 0 Å². The van der Waals surface area contributed by atoms with Gasteiger partial charge in [-0.25, -0.2) is 0 Å². The highest BCUT2D eigenvalue weighted by atomic mass is 14.1. The average molecular weight is 156 g/mol. The molecule has 2 rings (SSSR count). The highest BCUT2D eigenvalue weighted by Crippen LogP contribution is 2.23. The van der Waals surface area contributed by atoms with Crippen LogP contribution in [-0.2, 0) is 0 Å². The van der Waals surface area contributed by atoms with Crippen molar-refractivity contribution in [3.8, 4) is 0 Å². The van der Waals surface area contributed by atoms with Crippen LogP contribution in [0, 0.1) is 5.92 Å². The summed E-state index contributed by atoms with van der Waals surface area (Å²) < 4.78 is 0. The Labute approximate surface area is 73.3 Å². The monoisotopic (exact) mass is 156 g/mol. The zero-order chi connectivity index (χ0) is 8.39. The lowest BCUT2D eigenvalue weighted by Gasteiger charge is -2.11. The van der Waals surface area contributed by atoms with Gasteiger partial charge in [-0.1, -0.05) is 54.2 Å². The minimum absolute atomic E-state index is 0.490. The van der Waals surface area contributed by atoms with Crippen LogP contribution >= 0.6 is 0 Å². The smallest absolute Gasteiger partial charge is 0.0204 e. The van der Waals surface area contributed by atoms with Gasteiger partial charge in [0, 0.05) is 5.92 Å². The third-order valence-corrected chi connectivity index (χ3v) is 2.18. The second-order valence-electron chi connectivity index (χ2n) is 3.21. The van der Waals surface area contributed by atoms with Crippen molar-refractivity contribution >= 4 is 0 Å². The Kier molecular flexibility index (Phi) is 1.83. The Bertz CT molecular complexity index is 322. The molecule has 0 N–H and O–H groups in total. The maximum atomic E-state index is 2.24. The summed E-state index contributed by atoms with van der Waals surface area (Å²) in [6.45, 7) is 2.13. The van der Waals surface area contributed by atoms with Gasteiger partial charge < -0.3 is 0 Å². The molecule has 60 valence electrons. The lowest BCUT2D eigenvalue weighted by molar-refractivity contribution is 0.996. The molecule has 0 amide bonds. The maximum absolute atomic E-state index is 2.24. The van der Waals surface area contributed by atoms with Crippen molar-refractivity contribution in [3.05, 3.63) is 59.8 Å². The van der Waals surface area contributed by atoms with E-state index in [0.29, 0.717) is 5.92 Å². The van der Waals surface area contributed by atoms with Crippen molar-refractivity contribution in [2.24, 2.45) is 5.92 Å². The Hall–Kier alpha value is -1.30. The molecule has 0 saturated heterocycles. The van der Waals surface area contributed by atoms with E-state index in [4.69, 9.17) is 0 Å². The van der Waals surface area contributed by atoms with Crippen LogP contribution < -0.4 is 0 Å². The van der Waals surface area contributed by atoms with Gasteiger partial charge >= 0.3 is 0 Å². The standard InChI is InChI=1S/C12H12/c1-10-5-4-8-11-6-2-3-7-12(11)9-10/h2-9,11H,1H3. The van der Waals surface area contributed by atoms with Crippen molar-refractivity contribution in [1.82, 2.24) is 0 Å². The lowest BCUT2D eigenvalue weighted by atomic mass is 9.94. The van der Waals surface area contributed by atoms with Crippen LogP contribution in [-0.4, -0.2) is 0 Å². The highest BCUT2D eigenvalue weighted by Gasteiger charge is 2.08. The van der Waals surface area contributed by atoms with Crippen LogP contribution in [0.25, 0.3) is 0 Å². The topological polar surface area (TPSA) is 0 Å². The first-order valence-electron chi connectivity index (χ1n) is 4.28. The second kappa shape index (κ2) is 2.98. The van der Waals surface area contributed by atoms with Gasteiger partial charge in [0.05, 0.1) is 0 Å². The fourth-order valence-electron chi connectivity index (χ4n) is 1.53. The molecule has 2 aliphatic rings. The Morgan fingerprint density at radius 1 is 1.08 bits per heavy atom. The van der Waals surface area contributed by atoms with E-state index in [1.165, 1.54) is 11.1 Å². The van der Waals surface area contributed by atoms with E-state index >= 15 is 0 Å². The molecule has 0 saturated carbocycles. The molecule has 1 atom stereocenters. The summed E-state index contributed by atoms with van der Waals surface area (Å²) in [6.07, 6.45) is 17.3. The quantitative estimate of drug-likeness (QED) is 0.505. The summed E-state index contributed by atoms with van der Waals surface area (Å²) in [4.78, 5) is 0. The Morgan fingerprint density at radius 2 is 1.92 bits per heavy atom. The van der Waals surface area contributed by atoms with Crippen molar-refractivity contribution < 1.29 is 0 Å². The normalized spacial score (nSPS) is 25.9. The summed E-state index contributed by atoms with van der Waals surface area (Å²) in [5.41, 5.74) is 2.71. The number of fused-ring (bicyclic) bond motifs is 1. The van der Waals surface area contributed by atoms with Crippen LogP contribution in [0.3, 0.4) is 0 Å². The predicted molar refractivity (Wildman–Crippen MR) is 52.8 cm³/mol. The zero-order valence-corrected chi connectivity index (χ0v) is 7.20. The van der Waals surface area contributed by atoms with E-state index in [1.807, 2.05) is 0 Å². The number of rotatable bonds is 0. The third-order valence-electron chi connectivity index (χ3n) is 2.18. The largest absolute Gasteiger partial charge is 0.0732 e. The second-order valence-corrected chi connectivity index (χ2v) is 3.21. The summed E-state index contributed by atoms with van der Waals surface area (Å²) in [5.74, 6) is 0.490. The fraction of sp³-hybridized carbons (Fsp3) is 0.167. The molecule has 0 heteroatoms. The molecule has 0 aliphatic heterocycles. The van der Waals surface area contributed by atoms with Crippen LogP contribution in [0.15, 0.2) is 59.8 Å². The molecular weight excluding hydrogens is 144 g/mol. The molecule has 0 nitrogen and oxygen atoms in total. The van der Waals surface area contributed by atoms with Crippen molar-refractivity contribution in [2.45, 2.75) is 6.92 Å². The minimum atomic E-state index is 0.490. The lowest BCUT2D eigenvalue weighted by Crippen LogP contribution is -1.96. The fourth-order valence-corrected chi connectivity index (χ4v) is 1.53. The van der Waals surface area contributed by atoms with E-state index < -0.39 is 0 Å². The van der Waals surface area contributed by atoms with Crippen LogP contribution in [0.5, 0.6) is 0 Å². The maximum Gasteiger partial charge on any atom is 0.0204 e. The van der Waals surface area contributed by atoms with Gasteiger partial charge in [0.25, 0.3) is 0 Å². The van der Waals surface area contributed by atoms with Crippen molar-refractivity contribution in [1.29, 1.82) is 0 Å². The molecule has 12 heavy (non-hydrogen) atoms. The summed E-state index contributed by atoms with van der Waals surface area (Å²) in [6, 6.07) is 0. The molecule has 1 unspecified atom stereocenters. The van der Waals surface area contributed by atoms with Crippen LogP contribution in [0.1, 0.15) is 6.92 Å². The van der Waals surface area contributed by atoms with Crippen LogP contribution in [0.4, 0.5) is 0 Å². The molecule has 0 heterocycles. The van der Waals surface area contributed by atoms with E-state index in [9.17, 15) is 0 Å². The first kappa shape index (κ1) is 7.35. The Morgan fingerprint density at radius 3 is 2.83 bits per heavy atom. The molecule has 0 spiro atoms. The minimum Gasteiger partial charge on any atom is -0.0732 e. The SMILES string of the molecule is CC1=CC=CC2C=CC=CC2=C1. The van der Waals surface area contributed by atoms with E-state index in [-0.39, 0.29) is 0 Å². The summed E-state index contributed by atoms with van der Waals surface area (Å²) in [7, 11) is 0. The molecule has 0 aromatic heterocycles. The van der Waals surface area contributed by atoms with E-state index in [1.54, 1.807) is 0 Å². The number of allylic oxidation sites excluding steroid dienone is 10. The zero-order valence-electron chi connectivity index (χ0n) is 7.20. The van der Waals surface area contributed by atoms with E-state index in [0.717, 1.165) is 0 Å². The van der Waals surface area contributed by atoms with Gasteiger partial charge in [0.1, 0.15) is 0 Å². The number of hydrogen-bond donors (Lipinski definition) is 0. The number of hydrogen-bond acceptors (Lipinski definition) is 0. The Balaban J connectivity index is 2.41.